The van der Waals surface area contributed by atoms with Crippen molar-refractivity contribution in [2.24, 2.45) is 5.92 Å². The molecule has 21 heavy (non-hydrogen) atoms. The normalized spacial score (nSPS) is 12.9. The van der Waals surface area contributed by atoms with Crippen molar-refractivity contribution in [3.63, 3.8) is 0 Å². The first-order valence-electron chi connectivity index (χ1n) is 6.34. The van der Waals surface area contributed by atoms with Gasteiger partial charge in [0.1, 0.15) is 11.7 Å². The number of carbonyl (C=O) groups is 3. The maximum absolute atomic E-state index is 11.9. The van der Waals surface area contributed by atoms with E-state index in [4.69, 9.17) is 0 Å². The third-order valence-corrected chi connectivity index (χ3v) is 3.21. The average molecular weight is 290 g/mol. The number of esters is 2. The van der Waals surface area contributed by atoms with Crippen LogP contribution in [0.25, 0.3) is 0 Å². The second-order valence-electron chi connectivity index (χ2n) is 4.52. The molecule has 0 aliphatic carbocycles. The molecule has 2 atom stereocenters. The molecule has 0 spiro atoms. The van der Waals surface area contributed by atoms with Crippen LogP contribution in [0.5, 0.6) is 0 Å². The zero-order chi connectivity index (χ0) is 16.0. The molecule has 1 aromatic rings. The number of hydrogen-bond acceptors (Lipinski definition) is 5. The SMILES string of the molecule is C=C(C(=O)OC)C(c1ccccc1)C(C(C)=O)C(=O)OC. The van der Waals surface area contributed by atoms with Gasteiger partial charge in [0.25, 0.3) is 0 Å². The third-order valence-electron chi connectivity index (χ3n) is 3.21. The van der Waals surface area contributed by atoms with E-state index in [-0.39, 0.29) is 5.57 Å². The Kier molecular flexibility index (Phi) is 5.84. The van der Waals surface area contributed by atoms with E-state index in [1.807, 2.05) is 0 Å². The summed E-state index contributed by atoms with van der Waals surface area (Å²) in [5, 5.41) is 0. The van der Waals surface area contributed by atoms with Gasteiger partial charge in [-0.2, -0.15) is 0 Å². The molecule has 0 aromatic heterocycles. The van der Waals surface area contributed by atoms with Crippen LogP contribution in [0.4, 0.5) is 0 Å². The molecule has 0 N–H and O–H groups in total. The van der Waals surface area contributed by atoms with E-state index in [1.165, 1.54) is 21.1 Å². The van der Waals surface area contributed by atoms with Gasteiger partial charge in [-0.3, -0.25) is 9.59 Å². The molecule has 0 bridgehead atoms. The van der Waals surface area contributed by atoms with E-state index in [9.17, 15) is 14.4 Å². The molecule has 5 nitrogen and oxygen atoms in total. The van der Waals surface area contributed by atoms with Crippen LogP contribution in [0.15, 0.2) is 42.5 Å². The smallest absolute Gasteiger partial charge is 0.333 e. The molecular formula is C16H18O5. The fourth-order valence-corrected chi connectivity index (χ4v) is 2.18. The highest BCUT2D eigenvalue weighted by Crippen LogP contribution is 2.33. The largest absolute Gasteiger partial charge is 0.468 e. The van der Waals surface area contributed by atoms with E-state index < -0.39 is 29.6 Å². The zero-order valence-electron chi connectivity index (χ0n) is 12.3. The Bertz CT molecular complexity index is 547. The molecule has 1 aromatic carbocycles. The van der Waals surface area contributed by atoms with E-state index >= 15 is 0 Å². The first-order chi connectivity index (χ1) is 9.93. The lowest BCUT2D eigenvalue weighted by molar-refractivity contribution is -0.149. The van der Waals surface area contributed by atoms with Gasteiger partial charge in [-0.25, -0.2) is 4.79 Å². The average Bonchev–Trinajstić information content (AvgIpc) is 2.50. The Morgan fingerprint density at radius 2 is 1.62 bits per heavy atom. The van der Waals surface area contributed by atoms with Crippen molar-refractivity contribution < 1.29 is 23.9 Å². The van der Waals surface area contributed by atoms with Gasteiger partial charge in [0, 0.05) is 11.5 Å². The van der Waals surface area contributed by atoms with Crippen LogP contribution in [0.2, 0.25) is 0 Å². The Morgan fingerprint density at radius 1 is 1.05 bits per heavy atom. The van der Waals surface area contributed by atoms with Crippen molar-refractivity contribution in [2.45, 2.75) is 12.8 Å². The minimum absolute atomic E-state index is 0.0364. The van der Waals surface area contributed by atoms with Gasteiger partial charge >= 0.3 is 11.9 Å². The summed E-state index contributed by atoms with van der Waals surface area (Å²) in [6.07, 6.45) is 0. The molecule has 0 fully saturated rings. The van der Waals surface area contributed by atoms with E-state index in [0.717, 1.165) is 0 Å². The van der Waals surface area contributed by atoms with Gasteiger partial charge in [-0.1, -0.05) is 36.9 Å². The van der Waals surface area contributed by atoms with Crippen molar-refractivity contribution in [1.82, 2.24) is 0 Å². The van der Waals surface area contributed by atoms with Gasteiger partial charge in [-0.15, -0.1) is 0 Å². The fraction of sp³-hybridized carbons (Fsp3) is 0.312. The lowest BCUT2D eigenvalue weighted by Crippen LogP contribution is -2.32. The Hall–Kier alpha value is -2.43. The molecule has 2 unspecified atom stereocenters. The molecule has 0 heterocycles. The Balaban J connectivity index is 3.36. The van der Waals surface area contributed by atoms with Gasteiger partial charge in [0.15, 0.2) is 0 Å². The maximum Gasteiger partial charge on any atom is 0.333 e. The van der Waals surface area contributed by atoms with Gasteiger partial charge in [0.2, 0.25) is 0 Å². The minimum Gasteiger partial charge on any atom is -0.468 e. The van der Waals surface area contributed by atoms with Gasteiger partial charge in [-0.05, 0) is 12.5 Å². The monoisotopic (exact) mass is 290 g/mol. The van der Waals surface area contributed by atoms with Crippen molar-refractivity contribution in [1.29, 1.82) is 0 Å². The molecule has 0 aliphatic rings. The van der Waals surface area contributed by atoms with Gasteiger partial charge in [0.05, 0.1) is 14.2 Å². The summed E-state index contributed by atoms with van der Waals surface area (Å²) in [4.78, 5) is 35.6. The molecular weight excluding hydrogens is 272 g/mol. The third kappa shape index (κ3) is 3.78. The summed E-state index contributed by atoms with van der Waals surface area (Å²) in [7, 11) is 2.41. The summed E-state index contributed by atoms with van der Waals surface area (Å²) in [5.41, 5.74) is 0.660. The van der Waals surface area contributed by atoms with Crippen molar-refractivity contribution in [3.05, 3.63) is 48.0 Å². The summed E-state index contributed by atoms with van der Waals surface area (Å²) < 4.78 is 9.34. The zero-order valence-corrected chi connectivity index (χ0v) is 12.3. The van der Waals surface area contributed by atoms with Crippen molar-refractivity contribution in [3.8, 4) is 0 Å². The van der Waals surface area contributed by atoms with E-state index in [2.05, 4.69) is 16.1 Å². The van der Waals surface area contributed by atoms with Crippen LogP contribution >= 0.6 is 0 Å². The molecule has 0 radical (unpaired) electrons. The number of ether oxygens (including phenoxy) is 2. The first kappa shape index (κ1) is 16.6. The fourth-order valence-electron chi connectivity index (χ4n) is 2.18. The van der Waals surface area contributed by atoms with E-state index in [0.29, 0.717) is 5.56 Å². The lowest BCUT2D eigenvalue weighted by atomic mass is 9.79. The Labute approximate surface area is 123 Å². The topological polar surface area (TPSA) is 69.7 Å². The molecule has 0 amide bonds. The summed E-state index contributed by atoms with van der Waals surface area (Å²) in [6, 6.07) is 8.74. The molecule has 0 aliphatic heterocycles. The maximum atomic E-state index is 11.9. The highest BCUT2D eigenvalue weighted by molar-refractivity contribution is 6.01. The van der Waals surface area contributed by atoms with Crippen LogP contribution in [0, 0.1) is 5.92 Å². The molecule has 112 valence electrons. The molecule has 0 saturated heterocycles. The second-order valence-corrected chi connectivity index (χ2v) is 4.52. The van der Waals surface area contributed by atoms with Crippen LogP contribution < -0.4 is 0 Å². The van der Waals surface area contributed by atoms with Crippen LogP contribution in [-0.4, -0.2) is 31.9 Å². The predicted octanol–water partition coefficient (Wildman–Crippen LogP) is 1.88. The number of ketones is 1. The standard InChI is InChI=1S/C16H18O5/c1-10(15(18)20-3)13(12-8-6-5-7-9-12)14(11(2)17)16(19)21-4/h5-9,13-14H,1H2,2-4H3. The summed E-state index contributed by atoms with van der Waals surface area (Å²) >= 11 is 0. The van der Waals surface area contributed by atoms with Crippen molar-refractivity contribution in [2.75, 3.05) is 14.2 Å². The van der Waals surface area contributed by atoms with Crippen LogP contribution in [0.1, 0.15) is 18.4 Å². The number of Topliss-reactive ketones (excluding diaryl/α,β-unsaturated/α-hetero) is 1. The molecule has 0 saturated carbocycles. The number of methoxy groups -OCH3 is 2. The highest BCUT2D eigenvalue weighted by atomic mass is 16.5. The predicted molar refractivity (Wildman–Crippen MR) is 76.5 cm³/mol. The number of benzene rings is 1. The van der Waals surface area contributed by atoms with Crippen LogP contribution in [0.3, 0.4) is 0 Å². The first-order valence-corrected chi connectivity index (χ1v) is 6.34. The number of rotatable bonds is 6. The lowest BCUT2D eigenvalue weighted by Gasteiger charge is -2.24. The van der Waals surface area contributed by atoms with Gasteiger partial charge < -0.3 is 9.47 Å². The quantitative estimate of drug-likeness (QED) is 0.454. The highest BCUT2D eigenvalue weighted by Gasteiger charge is 2.38. The van der Waals surface area contributed by atoms with E-state index in [1.54, 1.807) is 30.3 Å². The molecule has 5 heteroatoms. The Morgan fingerprint density at radius 3 is 2.05 bits per heavy atom. The second kappa shape index (κ2) is 7.38. The summed E-state index contributed by atoms with van der Waals surface area (Å²) in [5.74, 6) is -3.73. The number of hydrogen-bond donors (Lipinski definition) is 0. The van der Waals surface area contributed by atoms with Crippen molar-refractivity contribution >= 4 is 17.7 Å². The molecule has 1 rings (SSSR count). The number of carbonyl (C=O) groups excluding carboxylic acids is 3. The minimum atomic E-state index is -1.14. The van der Waals surface area contributed by atoms with Crippen LogP contribution in [-0.2, 0) is 23.9 Å². The summed E-state index contributed by atoms with van der Waals surface area (Å²) in [6.45, 7) is 4.97.